The molecule has 1 unspecified atom stereocenters. The molecule has 1 N–H and O–H groups in total. The number of nitrogens with one attached hydrogen (secondary N) is 1. The van der Waals surface area contributed by atoms with Crippen molar-refractivity contribution >= 4 is 12.0 Å². The SMILES string of the molecule is Cc1cc(/C=C(/C#N)C(=O)NC(Cn2cncn2)c2ccccc2)c(C)n1C1CCCCC1. The minimum absolute atomic E-state index is 0.0958. The number of nitriles is 1. The molecule has 7 nitrogen and oxygen atoms in total. The molecule has 0 aliphatic heterocycles. The van der Waals surface area contributed by atoms with E-state index in [4.69, 9.17) is 0 Å². The van der Waals surface area contributed by atoms with Crippen LogP contribution in [0.5, 0.6) is 0 Å². The predicted octanol–water partition coefficient (Wildman–Crippen LogP) is 4.67. The number of amides is 1. The Hall–Kier alpha value is -3.66. The summed E-state index contributed by atoms with van der Waals surface area (Å²) >= 11 is 0. The number of aryl methyl sites for hydroxylation is 1. The van der Waals surface area contributed by atoms with Crippen molar-refractivity contribution < 1.29 is 4.79 Å². The van der Waals surface area contributed by atoms with Crippen molar-refractivity contribution in [2.75, 3.05) is 0 Å². The van der Waals surface area contributed by atoms with E-state index in [-0.39, 0.29) is 11.6 Å². The van der Waals surface area contributed by atoms with Crippen molar-refractivity contribution in [1.29, 1.82) is 5.26 Å². The number of carbonyl (C=O) groups excluding carboxylic acids is 1. The van der Waals surface area contributed by atoms with Gasteiger partial charge in [0.1, 0.15) is 24.3 Å². The fraction of sp³-hybridized carbons (Fsp3) is 0.385. The summed E-state index contributed by atoms with van der Waals surface area (Å²) in [6.45, 7) is 4.61. The number of aromatic nitrogens is 4. The lowest BCUT2D eigenvalue weighted by molar-refractivity contribution is -0.117. The van der Waals surface area contributed by atoms with Crippen LogP contribution in [0.15, 0.2) is 54.6 Å². The first-order chi connectivity index (χ1) is 16.1. The molecular weight excluding hydrogens is 412 g/mol. The van der Waals surface area contributed by atoms with Crippen molar-refractivity contribution in [3.8, 4) is 6.07 Å². The summed E-state index contributed by atoms with van der Waals surface area (Å²) < 4.78 is 4.06. The van der Waals surface area contributed by atoms with Crippen molar-refractivity contribution in [2.45, 2.75) is 64.6 Å². The molecule has 1 atom stereocenters. The molecular formula is C26H30N6O. The van der Waals surface area contributed by atoms with Gasteiger partial charge in [-0.1, -0.05) is 49.6 Å². The number of hydrogen-bond acceptors (Lipinski definition) is 4. The van der Waals surface area contributed by atoms with Crippen LogP contribution in [0.2, 0.25) is 0 Å². The topological polar surface area (TPSA) is 88.5 Å². The van der Waals surface area contributed by atoms with Crippen molar-refractivity contribution in [3.63, 3.8) is 0 Å². The Kier molecular flexibility index (Phi) is 7.04. The molecule has 1 fully saturated rings. The molecule has 0 spiro atoms. The Balaban J connectivity index is 1.57. The van der Waals surface area contributed by atoms with Crippen LogP contribution in [0.1, 0.15) is 66.7 Å². The number of hydrogen-bond donors (Lipinski definition) is 1. The predicted molar refractivity (Wildman–Crippen MR) is 127 cm³/mol. The largest absolute Gasteiger partial charge is 0.346 e. The van der Waals surface area contributed by atoms with Gasteiger partial charge in [-0.2, -0.15) is 10.4 Å². The summed E-state index contributed by atoms with van der Waals surface area (Å²) in [4.78, 5) is 17.1. The van der Waals surface area contributed by atoms with Crippen LogP contribution in [0.4, 0.5) is 0 Å². The molecule has 1 amide bonds. The maximum atomic E-state index is 13.1. The van der Waals surface area contributed by atoms with E-state index in [2.05, 4.69) is 45.9 Å². The minimum Gasteiger partial charge on any atom is -0.346 e. The quantitative estimate of drug-likeness (QED) is 0.425. The Labute approximate surface area is 194 Å². The summed E-state index contributed by atoms with van der Waals surface area (Å²) in [6, 6.07) is 14.0. The van der Waals surface area contributed by atoms with E-state index in [0.717, 1.165) is 16.8 Å². The maximum Gasteiger partial charge on any atom is 0.262 e. The maximum absolute atomic E-state index is 13.1. The molecule has 3 aromatic rings. The number of benzene rings is 1. The average Bonchev–Trinajstić information content (AvgIpc) is 3.45. The molecule has 4 rings (SSSR count). The third-order valence-electron chi connectivity index (χ3n) is 6.47. The van der Waals surface area contributed by atoms with Gasteiger partial charge in [-0.15, -0.1) is 0 Å². The standard InChI is InChI=1S/C26H30N6O/c1-19-13-22(20(2)32(19)24-11-7-4-8-12-24)14-23(15-27)26(33)30-25(16-31-18-28-17-29-31)21-9-5-3-6-10-21/h3,5-6,9-10,13-14,17-18,24-25H,4,7-8,11-12,16H2,1-2H3,(H,30,33)/b23-14-. The molecule has 0 radical (unpaired) electrons. The fourth-order valence-electron chi connectivity index (χ4n) is 4.82. The molecule has 2 aromatic heterocycles. The Morgan fingerprint density at radius 1 is 1.24 bits per heavy atom. The van der Waals surface area contributed by atoms with Gasteiger partial charge >= 0.3 is 0 Å². The summed E-state index contributed by atoms with van der Waals surface area (Å²) in [6.07, 6.45) is 11.0. The summed E-state index contributed by atoms with van der Waals surface area (Å²) in [5.41, 5.74) is 4.25. The number of rotatable bonds is 7. The first-order valence-electron chi connectivity index (χ1n) is 11.5. The third kappa shape index (κ3) is 5.23. The van der Waals surface area contributed by atoms with E-state index in [1.165, 1.54) is 44.1 Å². The van der Waals surface area contributed by atoms with Gasteiger partial charge in [-0.05, 0) is 50.0 Å². The molecule has 2 heterocycles. The van der Waals surface area contributed by atoms with Crippen molar-refractivity contribution in [3.05, 3.63) is 77.1 Å². The van der Waals surface area contributed by atoms with Crippen LogP contribution in [-0.2, 0) is 11.3 Å². The molecule has 170 valence electrons. The second-order valence-corrected chi connectivity index (χ2v) is 8.71. The highest BCUT2D eigenvalue weighted by Crippen LogP contribution is 2.32. The van der Waals surface area contributed by atoms with Gasteiger partial charge in [0, 0.05) is 17.4 Å². The number of carbonyl (C=O) groups is 1. The van der Waals surface area contributed by atoms with Crippen LogP contribution >= 0.6 is 0 Å². The van der Waals surface area contributed by atoms with Crippen LogP contribution in [0.25, 0.3) is 6.08 Å². The summed E-state index contributed by atoms with van der Waals surface area (Å²) in [5, 5.41) is 17.0. The zero-order valence-electron chi connectivity index (χ0n) is 19.2. The highest BCUT2D eigenvalue weighted by Gasteiger charge is 2.22. The van der Waals surface area contributed by atoms with Crippen LogP contribution < -0.4 is 5.32 Å². The second kappa shape index (κ2) is 10.3. The Morgan fingerprint density at radius 3 is 2.67 bits per heavy atom. The summed E-state index contributed by atoms with van der Waals surface area (Å²) in [7, 11) is 0. The van der Waals surface area contributed by atoms with E-state index in [1.807, 2.05) is 30.3 Å². The molecule has 0 saturated heterocycles. The molecule has 1 aliphatic rings. The minimum atomic E-state index is -0.395. The van der Waals surface area contributed by atoms with E-state index < -0.39 is 5.91 Å². The first kappa shape index (κ1) is 22.5. The van der Waals surface area contributed by atoms with Crippen molar-refractivity contribution in [2.24, 2.45) is 0 Å². The number of nitrogens with zero attached hydrogens (tertiary/aromatic N) is 5. The van der Waals surface area contributed by atoms with Gasteiger partial charge in [-0.25, -0.2) is 4.98 Å². The van der Waals surface area contributed by atoms with E-state index in [1.54, 1.807) is 17.1 Å². The molecule has 33 heavy (non-hydrogen) atoms. The molecule has 7 heteroatoms. The lowest BCUT2D eigenvalue weighted by Crippen LogP contribution is -2.32. The summed E-state index contributed by atoms with van der Waals surface area (Å²) in [5.74, 6) is -0.395. The van der Waals surface area contributed by atoms with Gasteiger partial charge in [0.05, 0.1) is 12.6 Å². The lowest BCUT2D eigenvalue weighted by Gasteiger charge is -2.26. The van der Waals surface area contributed by atoms with Crippen LogP contribution in [0, 0.1) is 25.2 Å². The fourth-order valence-corrected chi connectivity index (χ4v) is 4.82. The lowest BCUT2D eigenvalue weighted by atomic mass is 9.95. The zero-order valence-corrected chi connectivity index (χ0v) is 19.2. The van der Waals surface area contributed by atoms with Crippen LogP contribution in [-0.4, -0.2) is 25.2 Å². The van der Waals surface area contributed by atoms with Crippen molar-refractivity contribution in [1.82, 2.24) is 24.6 Å². The normalized spacial score (nSPS) is 15.7. The Morgan fingerprint density at radius 2 is 2.00 bits per heavy atom. The molecule has 1 saturated carbocycles. The first-order valence-corrected chi connectivity index (χ1v) is 11.5. The van der Waals surface area contributed by atoms with E-state index >= 15 is 0 Å². The van der Waals surface area contributed by atoms with Gasteiger partial charge in [0.25, 0.3) is 5.91 Å². The highest BCUT2D eigenvalue weighted by atomic mass is 16.1. The Bertz CT molecular complexity index is 1150. The molecule has 1 aliphatic carbocycles. The highest BCUT2D eigenvalue weighted by molar-refractivity contribution is 6.02. The molecule has 1 aromatic carbocycles. The smallest absolute Gasteiger partial charge is 0.262 e. The monoisotopic (exact) mass is 442 g/mol. The van der Waals surface area contributed by atoms with Gasteiger partial charge in [0.15, 0.2) is 0 Å². The van der Waals surface area contributed by atoms with Crippen LogP contribution in [0.3, 0.4) is 0 Å². The average molecular weight is 443 g/mol. The third-order valence-corrected chi connectivity index (χ3v) is 6.47. The second-order valence-electron chi connectivity index (χ2n) is 8.71. The molecule has 0 bridgehead atoms. The van der Waals surface area contributed by atoms with E-state index in [9.17, 15) is 10.1 Å². The van der Waals surface area contributed by atoms with Gasteiger partial charge in [0.2, 0.25) is 0 Å². The zero-order chi connectivity index (χ0) is 23.2. The van der Waals surface area contributed by atoms with Gasteiger partial charge in [-0.3, -0.25) is 9.48 Å². The van der Waals surface area contributed by atoms with E-state index in [0.29, 0.717) is 12.6 Å². The van der Waals surface area contributed by atoms with Gasteiger partial charge < -0.3 is 9.88 Å².